The molecule has 0 radical (unpaired) electrons. The Hall–Kier alpha value is -2.65. The van der Waals surface area contributed by atoms with Gasteiger partial charge >= 0.3 is 17.9 Å². The van der Waals surface area contributed by atoms with Gasteiger partial charge < -0.3 is 24.1 Å². The largest absolute Gasteiger partial charge is 0.490 e. The zero-order valence-corrected chi connectivity index (χ0v) is 15.6. The van der Waals surface area contributed by atoms with Crippen molar-refractivity contribution in [1.29, 1.82) is 0 Å². The van der Waals surface area contributed by atoms with E-state index in [9.17, 15) is 19.5 Å². The maximum atomic E-state index is 11.9. The van der Waals surface area contributed by atoms with Crippen molar-refractivity contribution < 1.29 is 38.4 Å². The molecule has 9 nitrogen and oxygen atoms in total. The van der Waals surface area contributed by atoms with Gasteiger partial charge in [-0.25, -0.2) is 14.4 Å². The van der Waals surface area contributed by atoms with Crippen molar-refractivity contribution in [3.63, 3.8) is 0 Å². The second-order valence-corrected chi connectivity index (χ2v) is 5.30. The van der Waals surface area contributed by atoms with Crippen LogP contribution >= 0.6 is 0 Å². The van der Waals surface area contributed by atoms with Crippen molar-refractivity contribution in [3.8, 4) is 5.75 Å². The van der Waals surface area contributed by atoms with Crippen LogP contribution in [0.5, 0.6) is 5.75 Å². The molecule has 9 heteroatoms. The summed E-state index contributed by atoms with van der Waals surface area (Å²) < 4.78 is 19.8. The Morgan fingerprint density at radius 3 is 2.22 bits per heavy atom. The predicted molar refractivity (Wildman–Crippen MR) is 94.3 cm³/mol. The molecule has 0 fully saturated rings. The van der Waals surface area contributed by atoms with E-state index in [4.69, 9.17) is 14.2 Å². The Morgan fingerprint density at radius 1 is 1.07 bits per heavy atom. The predicted octanol–water partition coefficient (Wildman–Crippen LogP) is 0.297. The van der Waals surface area contributed by atoms with Gasteiger partial charge in [-0.05, 0) is 26.0 Å². The fraction of sp³-hybridized carbons (Fsp3) is 0.500. The number of para-hydroxylation sites is 1. The molecule has 27 heavy (non-hydrogen) atoms. The third-order valence-corrected chi connectivity index (χ3v) is 3.33. The number of aliphatic hydroxyl groups is 1. The van der Waals surface area contributed by atoms with Crippen LogP contribution in [0.25, 0.3) is 0 Å². The van der Waals surface area contributed by atoms with Crippen LogP contribution in [-0.4, -0.2) is 68.6 Å². The van der Waals surface area contributed by atoms with Gasteiger partial charge in [0, 0.05) is 6.54 Å². The van der Waals surface area contributed by atoms with E-state index in [0.29, 0.717) is 0 Å². The molecule has 0 aliphatic carbocycles. The van der Waals surface area contributed by atoms with Crippen molar-refractivity contribution in [2.75, 3.05) is 33.5 Å². The van der Waals surface area contributed by atoms with E-state index < -0.39 is 30.1 Å². The number of hydrogen-bond acceptors (Lipinski definition) is 9. The summed E-state index contributed by atoms with van der Waals surface area (Å²) in [6.45, 7) is 3.12. The first-order valence-electron chi connectivity index (χ1n) is 8.49. The lowest BCUT2D eigenvalue weighted by Crippen LogP contribution is -2.48. The van der Waals surface area contributed by atoms with Crippen LogP contribution in [-0.2, 0) is 23.8 Å². The van der Waals surface area contributed by atoms with E-state index in [0.717, 1.165) is 0 Å². The first kappa shape index (κ1) is 22.4. The fourth-order valence-electron chi connectivity index (χ4n) is 2.08. The molecular formula is C18H25NO8. The van der Waals surface area contributed by atoms with E-state index in [1.807, 2.05) is 0 Å². The molecule has 1 rings (SSSR count). The van der Waals surface area contributed by atoms with Gasteiger partial charge in [0.2, 0.25) is 6.04 Å². The molecule has 1 unspecified atom stereocenters. The van der Waals surface area contributed by atoms with Gasteiger partial charge in [-0.1, -0.05) is 12.1 Å². The molecule has 0 aliphatic rings. The van der Waals surface area contributed by atoms with Gasteiger partial charge in [0.1, 0.15) is 24.0 Å². The molecule has 1 aromatic rings. The summed E-state index contributed by atoms with van der Waals surface area (Å²) in [5, 5.41) is 12.7. The minimum atomic E-state index is -1.35. The number of methoxy groups -OCH3 is 1. The maximum absolute atomic E-state index is 11.9. The number of hydrogen-bond donors (Lipinski definition) is 2. The van der Waals surface area contributed by atoms with E-state index in [1.165, 1.54) is 13.2 Å². The van der Waals surface area contributed by atoms with Gasteiger partial charge in [-0.2, -0.15) is 0 Å². The Morgan fingerprint density at radius 2 is 1.67 bits per heavy atom. The van der Waals surface area contributed by atoms with Crippen LogP contribution in [0.15, 0.2) is 24.3 Å². The van der Waals surface area contributed by atoms with Crippen LogP contribution in [0.3, 0.4) is 0 Å². The summed E-state index contributed by atoms with van der Waals surface area (Å²) in [5.74, 6) is -1.90. The second-order valence-electron chi connectivity index (χ2n) is 5.30. The normalized spacial score (nSPS) is 11.6. The maximum Gasteiger partial charge on any atom is 0.341 e. The van der Waals surface area contributed by atoms with Gasteiger partial charge in [0.15, 0.2) is 0 Å². The molecule has 150 valence electrons. The molecule has 0 heterocycles. The third kappa shape index (κ3) is 7.24. The minimum Gasteiger partial charge on any atom is -0.490 e. The fourth-order valence-corrected chi connectivity index (χ4v) is 2.08. The number of aliphatic hydroxyl groups excluding tert-OH is 1. The summed E-state index contributed by atoms with van der Waals surface area (Å²) in [4.78, 5) is 35.4. The number of rotatable bonds is 11. The highest BCUT2D eigenvalue weighted by Gasteiger charge is 2.29. The lowest BCUT2D eigenvalue weighted by Gasteiger charge is -2.19. The Bertz CT molecular complexity index is 616. The zero-order valence-electron chi connectivity index (χ0n) is 15.6. The molecule has 0 bridgehead atoms. The average Bonchev–Trinajstić information content (AvgIpc) is 2.66. The standard InChI is InChI=1S/C18H25NO8/c1-4-25-17(22)15(18(23)26-5-2)19-10-12(20)11-27-14-9-7-6-8-13(14)16(21)24-3/h6-9,12,15,19-20H,4-5,10-11H2,1-3H3. The van der Waals surface area contributed by atoms with Gasteiger partial charge in [-0.15, -0.1) is 0 Å². The topological polar surface area (TPSA) is 120 Å². The Balaban J connectivity index is 2.62. The van der Waals surface area contributed by atoms with Crippen LogP contribution in [0, 0.1) is 0 Å². The number of ether oxygens (including phenoxy) is 4. The molecule has 2 N–H and O–H groups in total. The summed E-state index contributed by atoms with van der Waals surface area (Å²) in [6.07, 6.45) is -1.07. The quantitative estimate of drug-likeness (QED) is 0.316. The zero-order chi connectivity index (χ0) is 20.2. The van der Waals surface area contributed by atoms with Crippen LogP contribution in [0.1, 0.15) is 24.2 Å². The van der Waals surface area contributed by atoms with Crippen LogP contribution < -0.4 is 10.1 Å². The first-order chi connectivity index (χ1) is 12.9. The second kappa shape index (κ2) is 11.9. The van der Waals surface area contributed by atoms with Crippen molar-refractivity contribution in [2.24, 2.45) is 0 Å². The highest BCUT2D eigenvalue weighted by atomic mass is 16.6. The van der Waals surface area contributed by atoms with Gasteiger partial charge in [0.25, 0.3) is 0 Å². The van der Waals surface area contributed by atoms with E-state index in [-0.39, 0.29) is 37.7 Å². The van der Waals surface area contributed by atoms with E-state index in [1.54, 1.807) is 32.0 Å². The molecule has 0 amide bonds. The molecule has 1 aromatic carbocycles. The highest BCUT2D eigenvalue weighted by molar-refractivity contribution is 5.99. The van der Waals surface area contributed by atoms with Crippen molar-refractivity contribution in [2.45, 2.75) is 26.0 Å². The van der Waals surface area contributed by atoms with E-state index in [2.05, 4.69) is 10.1 Å². The SMILES string of the molecule is CCOC(=O)C(NCC(O)COc1ccccc1C(=O)OC)C(=O)OCC. The summed E-state index contributed by atoms with van der Waals surface area (Å²) in [5.41, 5.74) is 0.219. The molecule has 0 saturated heterocycles. The Kier molecular flexibility index (Phi) is 9.84. The third-order valence-electron chi connectivity index (χ3n) is 3.33. The molecule has 1 atom stereocenters. The summed E-state index contributed by atoms with van der Waals surface area (Å²) in [7, 11) is 1.25. The summed E-state index contributed by atoms with van der Waals surface area (Å²) >= 11 is 0. The van der Waals surface area contributed by atoms with Crippen molar-refractivity contribution in [1.82, 2.24) is 5.32 Å². The number of carbonyl (C=O) groups excluding carboxylic acids is 3. The molecule has 0 saturated carbocycles. The van der Waals surface area contributed by atoms with E-state index >= 15 is 0 Å². The monoisotopic (exact) mass is 383 g/mol. The van der Waals surface area contributed by atoms with Crippen molar-refractivity contribution >= 4 is 17.9 Å². The number of benzene rings is 1. The van der Waals surface area contributed by atoms with Crippen molar-refractivity contribution in [3.05, 3.63) is 29.8 Å². The Labute approximate surface area is 157 Å². The minimum absolute atomic E-state index is 0.104. The van der Waals surface area contributed by atoms with Gasteiger partial charge in [-0.3, -0.25) is 5.32 Å². The summed E-state index contributed by atoms with van der Waals surface area (Å²) in [6, 6.07) is 5.07. The van der Waals surface area contributed by atoms with Crippen LogP contribution in [0.2, 0.25) is 0 Å². The molecular weight excluding hydrogens is 358 g/mol. The molecule has 0 aliphatic heterocycles. The number of carbonyl (C=O) groups is 3. The smallest absolute Gasteiger partial charge is 0.341 e. The highest BCUT2D eigenvalue weighted by Crippen LogP contribution is 2.18. The first-order valence-corrected chi connectivity index (χ1v) is 8.49. The lowest BCUT2D eigenvalue weighted by atomic mass is 10.2. The number of nitrogens with one attached hydrogen (secondary N) is 1. The van der Waals surface area contributed by atoms with Crippen LogP contribution in [0.4, 0.5) is 0 Å². The molecule has 0 aromatic heterocycles. The van der Waals surface area contributed by atoms with Gasteiger partial charge in [0.05, 0.1) is 20.3 Å². The molecule has 0 spiro atoms. The lowest BCUT2D eigenvalue weighted by molar-refractivity contribution is -0.158. The number of esters is 3. The average molecular weight is 383 g/mol.